The van der Waals surface area contributed by atoms with Crippen LogP contribution in [0.4, 0.5) is 10.5 Å². The minimum absolute atomic E-state index is 0.102. The van der Waals surface area contributed by atoms with Crippen molar-refractivity contribution in [3.8, 4) is 0 Å². The van der Waals surface area contributed by atoms with Crippen molar-refractivity contribution in [2.24, 2.45) is 0 Å². The number of sulfonamides is 1. The average molecular weight is 373 g/mol. The van der Waals surface area contributed by atoms with E-state index in [0.29, 0.717) is 0 Å². The Labute approximate surface area is 147 Å². The Morgan fingerprint density at radius 1 is 1.16 bits per heavy atom. The number of ether oxygens (including phenoxy) is 1. The zero-order valence-electron chi connectivity index (χ0n) is 14.8. The lowest BCUT2D eigenvalue weighted by atomic mass is 10.2. The summed E-state index contributed by atoms with van der Waals surface area (Å²) in [5.41, 5.74) is -0.863. The van der Waals surface area contributed by atoms with E-state index >= 15 is 0 Å². The minimum Gasteiger partial charge on any atom is -0.444 e. The van der Waals surface area contributed by atoms with Crippen LogP contribution < -0.4 is 10.0 Å². The molecule has 9 nitrogen and oxygen atoms in total. The molecule has 0 aliphatic heterocycles. The SMILES string of the molecule is C[C@H](NC(=O)OC(C)(C)C)[C@H](C)NS(=O)(=O)c1ccc([N+](=O)[O-])cc1. The van der Waals surface area contributed by atoms with Gasteiger partial charge in [0.2, 0.25) is 10.0 Å². The predicted molar refractivity (Wildman–Crippen MR) is 91.7 cm³/mol. The number of nitrogens with one attached hydrogen (secondary N) is 2. The van der Waals surface area contributed by atoms with Gasteiger partial charge in [-0.1, -0.05) is 0 Å². The number of amides is 1. The molecule has 0 aliphatic carbocycles. The fourth-order valence-corrected chi connectivity index (χ4v) is 3.10. The number of alkyl carbamates (subject to hydrolysis) is 1. The Bertz CT molecular complexity index is 725. The number of hydrogen-bond donors (Lipinski definition) is 2. The van der Waals surface area contributed by atoms with Crippen molar-refractivity contribution in [1.29, 1.82) is 0 Å². The molecule has 0 aliphatic rings. The maximum Gasteiger partial charge on any atom is 0.407 e. The zero-order valence-corrected chi connectivity index (χ0v) is 15.6. The normalized spacial score (nSPS) is 14.4. The highest BCUT2D eigenvalue weighted by Gasteiger charge is 2.24. The van der Waals surface area contributed by atoms with Crippen molar-refractivity contribution in [2.75, 3.05) is 0 Å². The minimum atomic E-state index is -3.88. The van der Waals surface area contributed by atoms with E-state index in [-0.39, 0.29) is 10.6 Å². The van der Waals surface area contributed by atoms with E-state index in [2.05, 4.69) is 10.0 Å². The second kappa shape index (κ2) is 7.79. The highest BCUT2D eigenvalue weighted by Crippen LogP contribution is 2.16. The fourth-order valence-electron chi connectivity index (χ4n) is 1.78. The van der Waals surface area contributed by atoms with Gasteiger partial charge in [-0.25, -0.2) is 17.9 Å². The van der Waals surface area contributed by atoms with Gasteiger partial charge in [-0.05, 0) is 46.8 Å². The molecule has 0 bridgehead atoms. The van der Waals surface area contributed by atoms with Crippen molar-refractivity contribution in [3.63, 3.8) is 0 Å². The molecule has 140 valence electrons. The van der Waals surface area contributed by atoms with Gasteiger partial charge in [0.15, 0.2) is 0 Å². The number of benzene rings is 1. The Kier molecular flexibility index (Phi) is 6.49. The Morgan fingerprint density at radius 3 is 2.12 bits per heavy atom. The van der Waals surface area contributed by atoms with E-state index < -0.39 is 38.7 Å². The maximum atomic E-state index is 12.3. The molecule has 0 fully saturated rings. The average Bonchev–Trinajstić information content (AvgIpc) is 2.44. The van der Waals surface area contributed by atoms with Crippen LogP contribution in [0.1, 0.15) is 34.6 Å². The van der Waals surface area contributed by atoms with E-state index in [1.165, 1.54) is 0 Å². The number of carbonyl (C=O) groups excluding carboxylic acids is 1. The summed E-state index contributed by atoms with van der Waals surface area (Å²) in [7, 11) is -3.88. The van der Waals surface area contributed by atoms with Gasteiger partial charge in [-0.2, -0.15) is 0 Å². The van der Waals surface area contributed by atoms with Gasteiger partial charge in [0, 0.05) is 24.2 Å². The number of nitro groups is 1. The molecule has 0 saturated heterocycles. The molecule has 2 N–H and O–H groups in total. The third-order valence-electron chi connectivity index (χ3n) is 3.19. The van der Waals surface area contributed by atoms with Crippen LogP contribution in [0.3, 0.4) is 0 Å². The Morgan fingerprint density at radius 2 is 1.68 bits per heavy atom. The second-order valence-electron chi connectivity index (χ2n) is 6.60. The summed E-state index contributed by atoms with van der Waals surface area (Å²) in [6.07, 6.45) is -0.651. The van der Waals surface area contributed by atoms with Crippen LogP contribution in [0.2, 0.25) is 0 Å². The standard InChI is InChI=1S/C15H23N3O6S/c1-10(16-14(19)24-15(3,4)5)11(2)17-25(22,23)13-8-6-12(7-9-13)18(20)21/h6-11,17H,1-5H3,(H,16,19)/t10-,11-/m0/s1. The molecular formula is C15H23N3O6S. The third kappa shape index (κ3) is 6.67. The van der Waals surface area contributed by atoms with E-state index in [9.17, 15) is 23.3 Å². The number of carbonyl (C=O) groups is 1. The van der Waals surface area contributed by atoms with Crippen molar-refractivity contribution < 1.29 is 22.9 Å². The van der Waals surface area contributed by atoms with Gasteiger partial charge in [0.25, 0.3) is 5.69 Å². The molecular weight excluding hydrogens is 350 g/mol. The largest absolute Gasteiger partial charge is 0.444 e. The topological polar surface area (TPSA) is 128 Å². The molecule has 0 unspecified atom stereocenters. The molecule has 1 rings (SSSR count). The van der Waals surface area contributed by atoms with E-state index in [1.54, 1.807) is 34.6 Å². The summed E-state index contributed by atoms with van der Waals surface area (Å²) < 4.78 is 32.2. The van der Waals surface area contributed by atoms with Crippen LogP contribution >= 0.6 is 0 Å². The summed E-state index contributed by atoms with van der Waals surface area (Å²) >= 11 is 0. The molecule has 1 amide bonds. The second-order valence-corrected chi connectivity index (χ2v) is 8.31. The Balaban J connectivity index is 2.75. The van der Waals surface area contributed by atoms with Crippen molar-refractivity contribution in [3.05, 3.63) is 34.4 Å². The molecule has 2 atom stereocenters. The monoisotopic (exact) mass is 373 g/mol. The van der Waals surface area contributed by atoms with Gasteiger partial charge in [-0.15, -0.1) is 0 Å². The van der Waals surface area contributed by atoms with E-state index in [1.807, 2.05) is 0 Å². The lowest BCUT2D eigenvalue weighted by Crippen LogP contribution is -2.49. The molecule has 25 heavy (non-hydrogen) atoms. The molecule has 0 aromatic heterocycles. The summed E-state index contributed by atoms with van der Waals surface area (Å²) in [4.78, 5) is 21.6. The lowest BCUT2D eigenvalue weighted by molar-refractivity contribution is -0.384. The summed E-state index contributed by atoms with van der Waals surface area (Å²) in [6, 6.07) is 3.36. The molecule has 0 heterocycles. The molecule has 0 radical (unpaired) electrons. The third-order valence-corrected chi connectivity index (χ3v) is 4.77. The molecule has 0 spiro atoms. The van der Waals surface area contributed by atoms with Crippen molar-refractivity contribution >= 4 is 21.8 Å². The van der Waals surface area contributed by atoms with Gasteiger partial charge in [-0.3, -0.25) is 10.1 Å². The smallest absolute Gasteiger partial charge is 0.407 e. The first kappa shape index (κ1) is 20.8. The first-order chi connectivity index (χ1) is 11.3. The van der Waals surface area contributed by atoms with Crippen LogP contribution in [0.25, 0.3) is 0 Å². The summed E-state index contributed by atoms with van der Waals surface area (Å²) in [5, 5.41) is 13.2. The number of nitrogens with zero attached hydrogens (tertiary/aromatic N) is 1. The lowest BCUT2D eigenvalue weighted by Gasteiger charge is -2.25. The number of non-ortho nitro benzene ring substituents is 1. The van der Waals surface area contributed by atoms with Crippen LogP contribution in [0.15, 0.2) is 29.2 Å². The fraction of sp³-hybridized carbons (Fsp3) is 0.533. The van der Waals surface area contributed by atoms with Gasteiger partial charge < -0.3 is 10.1 Å². The van der Waals surface area contributed by atoms with Gasteiger partial charge in [0.1, 0.15) is 5.60 Å². The van der Waals surface area contributed by atoms with Crippen molar-refractivity contribution in [1.82, 2.24) is 10.0 Å². The quantitative estimate of drug-likeness (QED) is 0.581. The van der Waals surface area contributed by atoms with Gasteiger partial charge >= 0.3 is 6.09 Å². The first-order valence-corrected chi connectivity index (χ1v) is 9.06. The summed E-state index contributed by atoms with van der Waals surface area (Å²) in [5.74, 6) is 0. The van der Waals surface area contributed by atoms with Crippen LogP contribution in [0, 0.1) is 10.1 Å². The maximum absolute atomic E-state index is 12.3. The van der Waals surface area contributed by atoms with Crippen LogP contribution in [-0.4, -0.2) is 37.1 Å². The number of rotatable bonds is 6. The molecule has 10 heteroatoms. The van der Waals surface area contributed by atoms with Crippen LogP contribution in [0.5, 0.6) is 0 Å². The van der Waals surface area contributed by atoms with E-state index in [0.717, 1.165) is 24.3 Å². The van der Waals surface area contributed by atoms with Gasteiger partial charge in [0.05, 0.1) is 9.82 Å². The summed E-state index contributed by atoms with van der Waals surface area (Å²) in [6.45, 7) is 8.38. The van der Waals surface area contributed by atoms with Crippen molar-refractivity contribution in [2.45, 2.75) is 57.2 Å². The predicted octanol–water partition coefficient (Wildman–Crippen LogP) is 2.17. The highest BCUT2D eigenvalue weighted by atomic mass is 32.2. The molecule has 1 aromatic rings. The zero-order chi connectivity index (χ0) is 19.4. The molecule has 0 saturated carbocycles. The Hall–Kier alpha value is -2.20. The highest BCUT2D eigenvalue weighted by molar-refractivity contribution is 7.89. The molecule has 1 aromatic carbocycles. The van der Waals surface area contributed by atoms with Crippen LogP contribution in [-0.2, 0) is 14.8 Å². The number of nitro benzene ring substituents is 1. The number of hydrogen-bond acceptors (Lipinski definition) is 6. The van der Waals surface area contributed by atoms with E-state index in [4.69, 9.17) is 4.74 Å². The first-order valence-electron chi connectivity index (χ1n) is 7.58.